The first-order valence-corrected chi connectivity index (χ1v) is 12.4. The zero-order valence-electron chi connectivity index (χ0n) is 20.9. The van der Waals surface area contributed by atoms with Crippen LogP contribution in [0.3, 0.4) is 0 Å². The molecule has 1 N–H and O–H groups in total. The molecular weight excluding hydrogens is 494 g/mol. The molecule has 3 aromatic carbocycles. The Morgan fingerprint density at radius 3 is 2.35 bits per heavy atom. The highest BCUT2D eigenvalue weighted by molar-refractivity contribution is 6.33. The van der Waals surface area contributed by atoms with Gasteiger partial charge in [0.25, 0.3) is 0 Å². The SMILES string of the molecule is COc1ccc(N2CC[C@H](c3c(OC)cc(OC)c4c(=O)cc(-c5ccccc5Cl)oc34)[C@@H](O)C2)cc1. The smallest absolute Gasteiger partial charge is 0.197 e. The van der Waals surface area contributed by atoms with Gasteiger partial charge in [0, 0.05) is 48.0 Å². The minimum Gasteiger partial charge on any atom is -0.497 e. The predicted molar refractivity (Wildman–Crippen MR) is 145 cm³/mol. The predicted octanol–water partition coefficient (Wildman–Crippen LogP) is 5.49. The van der Waals surface area contributed by atoms with E-state index in [1.54, 1.807) is 32.4 Å². The highest BCUT2D eigenvalue weighted by atomic mass is 35.5. The number of hydrogen-bond donors (Lipinski definition) is 1. The van der Waals surface area contributed by atoms with E-state index in [2.05, 4.69) is 4.90 Å². The quantitative estimate of drug-likeness (QED) is 0.359. The fourth-order valence-electron chi connectivity index (χ4n) is 5.07. The van der Waals surface area contributed by atoms with Gasteiger partial charge in [0.1, 0.15) is 34.0 Å². The van der Waals surface area contributed by atoms with E-state index >= 15 is 0 Å². The molecule has 2 atom stereocenters. The van der Waals surface area contributed by atoms with E-state index < -0.39 is 6.10 Å². The number of aliphatic hydroxyl groups is 1. The van der Waals surface area contributed by atoms with E-state index in [1.165, 1.54) is 13.2 Å². The first-order chi connectivity index (χ1) is 17.9. The largest absolute Gasteiger partial charge is 0.497 e. The van der Waals surface area contributed by atoms with Crippen molar-refractivity contribution in [1.82, 2.24) is 0 Å². The second-order valence-corrected chi connectivity index (χ2v) is 9.37. The monoisotopic (exact) mass is 521 g/mol. The summed E-state index contributed by atoms with van der Waals surface area (Å²) >= 11 is 6.42. The van der Waals surface area contributed by atoms with Gasteiger partial charge in [-0.05, 0) is 42.8 Å². The number of methoxy groups -OCH3 is 3. The lowest BCUT2D eigenvalue weighted by atomic mass is 9.85. The third kappa shape index (κ3) is 4.61. The maximum absolute atomic E-state index is 13.4. The van der Waals surface area contributed by atoms with Crippen molar-refractivity contribution in [2.75, 3.05) is 39.3 Å². The Bertz CT molecular complexity index is 1480. The summed E-state index contributed by atoms with van der Waals surface area (Å²) < 4.78 is 22.9. The fraction of sp³-hybridized carbons (Fsp3) is 0.276. The number of anilines is 1. The Morgan fingerprint density at radius 2 is 1.70 bits per heavy atom. The number of halogens is 1. The lowest BCUT2D eigenvalue weighted by Crippen LogP contribution is -2.43. The first-order valence-electron chi connectivity index (χ1n) is 12.0. The fourth-order valence-corrected chi connectivity index (χ4v) is 5.30. The molecule has 1 fully saturated rings. The molecule has 0 amide bonds. The van der Waals surface area contributed by atoms with Crippen LogP contribution in [0, 0.1) is 0 Å². The van der Waals surface area contributed by atoms with E-state index in [-0.39, 0.29) is 11.3 Å². The molecule has 0 aliphatic carbocycles. The van der Waals surface area contributed by atoms with Gasteiger partial charge in [-0.1, -0.05) is 23.7 Å². The van der Waals surface area contributed by atoms with Crippen LogP contribution in [-0.2, 0) is 0 Å². The van der Waals surface area contributed by atoms with Crippen molar-refractivity contribution in [3.63, 3.8) is 0 Å². The van der Waals surface area contributed by atoms with Crippen LogP contribution in [0.4, 0.5) is 5.69 Å². The van der Waals surface area contributed by atoms with Gasteiger partial charge in [-0.3, -0.25) is 4.79 Å². The molecule has 192 valence electrons. The molecule has 1 aliphatic heterocycles. The summed E-state index contributed by atoms with van der Waals surface area (Å²) in [6.45, 7) is 1.10. The maximum Gasteiger partial charge on any atom is 0.197 e. The molecule has 1 aromatic heterocycles. The lowest BCUT2D eigenvalue weighted by Gasteiger charge is -2.38. The number of aliphatic hydroxyl groups excluding tert-OH is 1. The zero-order chi connectivity index (χ0) is 26.1. The number of hydrogen-bond acceptors (Lipinski definition) is 7. The molecule has 2 heterocycles. The minimum atomic E-state index is -0.740. The number of benzene rings is 3. The molecule has 37 heavy (non-hydrogen) atoms. The number of piperidine rings is 1. The molecule has 0 spiro atoms. The number of fused-ring (bicyclic) bond motifs is 1. The van der Waals surface area contributed by atoms with Gasteiger partial charge in [-0.2, -0.15) is 0 Å². The Balaban J connectivity index is 1.61. The highest BCUT2D eigenvalue weighted by Crippen LogP contribution is 2.44. The van der Waals surface area contributed by atoms with Crippen molar-refractivity contribution in [2.45, 2.75) is 18.4 Å². The average molecular weight is 522 g/mol. The normalized spacial score (nSPS) is 17.6. The van der Waals surface area contributed by atoms with Crippen LogP contribution in [0.5, 0.6) is 17.2 Å². The first kappa shape index (κ1) is 25.0. The van der Waals surface area contributed by atoms with Gasteiger partial charge in [-0.25, -0.2) is 0 Å². The molecule has 0 saturated carbocycles. The average Bonchev–Trinajstić information content (AvgIpc) is 2.92. The van der Waals surface area contributed by atoms with Crippen LogP contribution < -0.4 is 24.5 Å². The van der Waals surface area contributed by atoms with Crippen molar-refractivity contribution in [3.8, 4) is 28.6 Å². The summed E-state index contributed by atoms with van der Waals surface area (Å²) in [5.41, 5.74) is 2.32. The van der Waals surface area contributed by atoms with Crippen molar-refractivity contribution < 1.29 is 23.7 Å². The van der Waals surface area contributed by atoms with Gasteiger partial charge in [0.2, 0.25) is 0 Å². The third-order valence-corrected chi connectivity index (χ3v) is 7.27. The molecule has 1 saturated heterocycles. The van der Waals surface area contributed by atoms with Crippen LogP contribution in [0.25, 0.3) is 22.3 Å². The Kier molecular flexibility index (Phi) is 7.00. The van der Waals surface area contributed by atoms with E-state index in [0.717, 1.165) is 11.4 Å². The number of β-amino-alcohol motifs (C(OH)–C–C–N with tert-alkyl or cyclic N) is 1. The van der Waals surface area contributed by atoms with Crippen molar-refractivity contribution >= 4 is 28.3 Å². The molecule has 7 nitrogen and oxygen atoms in total. The molecule has 1 aliphatic rings. The Labute approximate surface area is 219 Å². The van der Waals surface area contributed by atoms with Gasteiger partial charge >= 0.3 is 0 Å². The maximum atomic E-state index is 13.4. The summed E-state index contributed by atoms with van der Waals surface area (Å²) in [5.74, 6) is 1.62. The van der Waals surface area contributed by atoms with Gasteiger partial charge in [-0.15, -0.1) is 0 Å². The van der Waals surface area contributed by atoms with Crippen LogP contribution in [0.2, 0.25) is 5.02 Å². The zero-order valence-corrected chi connectivity index (χ0v) is 21.6. The standard InChI is InChI=1S/C29H28ClNO6/c1-34-18-10-8-17(9-11-18)31-13-12-20(23(33)16-31)27-25(35-2)15-26(36-3)28-22(32)14-24(37-29(27)28)19-6-4-5-7-21(19)30/h4-11,14-15,20,23,33H,12-13,16H2,1-3H3/t20-,23-/m0/s1. The summed E-state index contributed by atoms with van der Waals surface area (Å²) in [6.07, 6.45) is -0.124. The van der Waals surface area contributed by atoms with Gasteiger partial charge in [0.05, 0.1) is 32.5 Å². The number of rotatable bonds is 6. The van der Waals surface area contributed by atoms with E-state index in [1.807, 2.05) is 36.4 Å². The molecule has 5 rings (SSSR count). The van der Waals surface area contributed by atoms with Crippen LogP contribution in [0.1, 0.15) is 17.9 Å². The second-order valence-electron chi connectivity index (χ2n) is 8.96. The molecule has 8 heteroatoms. The van der Waals surface area contributed by atoms with E-state index in [4.69, 9.17) is 30.2 Å². The Morgan fingerprint density at radius 1 is 0.973 bits per heavy atom. The summed E-state index contributed by atoms with van der Waals surface area (Å²) in [7, 11) is 4.68. The Hall–Kier alpha value is -3.68. The second kappa shape index (κ2) is 10.4. The molecular formula is C29H28ClNO6. The van der Waals surface area contributed by atoms with Crippen LogP contribution >= 0.6 is 11.6 Å². The number of ether oxygens (including phenoxy) is 3. The van der Waals surface area contributed by atoms with Crippen LogP contribution in [-0.4, -0.2) is 45.6 Å². The van der Waals surface area contributed by atoms with E-state index in [9.17, 15) is 9.90 Å². The highest BCUT2D eigenvalue weighted by Gasteiger charge is 2.34. The summed E-state index contributed by atoms with van der Waals surface area (Å²) in [4.78, 5) is 15.5. The molecule has 4 aromatic rings. The van der Waals surface area contributed by atoms with Crippen LogP contribution in [0.15, 0.2) is 69.9 Å². The lowest BCUT2D eigenvalue weighted by molar-refractivity contribution is 0.128. The third-order valence-electron chi connectivity index (χ3n) is 6.94. The van der Waals surface area contributed by atoms with Gasteiger partial charge in [0.15, 0.2) is 5.43 Å². The molecule has 0 radical (unpaired) electrons. The number of nitrogens with zero attached hydrogens (tertiary/aromatic N) is 1. The molecule has 0 unspecified atom stereocenters. The topological polar surface area (TPSA) is 81.4 Å². The van der Waals surface area contributed by atoms with Crippen molar-refractivity contribution in [1.29, 1.82) is 0 Å². The summed E-state index contributed by atoms with van der Waals surface area (Å²) in [6, 6.07) is 18.0. The van der Waals surface area contributed by atoms with Gasteiger partial charge < -0.3 is 28.6 Å². The molecule has 0 bridgehead atoms. The van der Waals surface area contributed by atoms with Crippen molar-refractivity contribution in [3.05, 3.63) is 81.5 Å². The van der Waals surface area contributed by atoms with E-state index in [0.29, 0.717) is 63.9 Å². The minimum absolute atomic E-state index is 0.262. The van der Waals surface area contributed by atoms with Crippen molar-refractivity contribution in [2.24, 2.45) is 0 Å². The summed E-state index contributed by atoms with van der Waals surface area (Å²) in [5, 5.41) is 12.1.